The molecule has 2 fully saturated rings. The molecule has 1 N–H and O–H groups in total. The molecule has 1 aromatic carbocycles. The van der Waals surface area contributed by atoms with Crippen LogP contribution in [0.1, 0.15) is 51.1 Å². The van der Waals surface area contributed by atoms with Gasteiger partial charge in [0, 0.05) is 19.7 Å². The number of rotatable bonds is 8. The summed E-state index contributed by atoms with van der Waals surface area (Å²) < 4.78 is 18.9. The van der Waals surface area contributed by atoms with E-state index in [-0.39, 0.29) is 30.6 Å². The Morgan fingerprint density at radius 1 is 1.21 bits per heavy atom. The Labute approximate surface area is 204 Å². The van der Waals surface area contributed by atoms with Gasteiger partial charge in [-0.2, -0.15) is 0 Å². The summed E-state index contributed by atoms with van der Waals surface area (Å²) in [6, 6.07) is 5.61. The largest absolute Gasteiger partial charge is 0.454 e. The van der Waals surface area contributed by atoms with Gasteiger partial charge in [0.15, 0.2) is 16.7 Å². The number of anilines is 1. The van der Waals surface area contributed by atoms with Crippen LogP contribution in [0.25, 0.3) is 0 Å². The van der Waals surface area contributed by atoms with E-state index in [1.165, 1.54) is 11.8 Å². The first kappa shape index (κ1) is 23.3. The van der Waals surface area contributed by atoms with Crippen LogP contribution < -0.4 is 19.7 Å². The van der Waals surface area contributed by atoms with E-state index in [4.69, 9.17) is 14.2 Å². The highest BCUT2D eigenvalue weighted by Gasteiger charge is 2.26. The molecular formula is C24H33N5O4S. The Bertz CT molecular complexity index is 1000. The molecule has 5 rings (SSSR count). The number of piperidine rings is 1. The van der Waals surface area contributed by atoms with Gasteiger partial charge in [-0.25, -0.2) is 0 Å². The molecule has 0 spiro atoms. The summed E-state index contributed by atoms with van der Waals surface area (Å²) in [7, 11) is 0. The summed E-state index contributed by atoms with van der Waals surface area (Å²) in [4.78, 5) is 15.1. The average molecular weight is 488 g/mol. The summed E-state index contributed by atoms with van der Waals surface area (Å²) in [5, 5.41) is 12.9. The van der Waals surface area contributed by atoms with Crippen LogP contribution in [0.15, 0.2) is 23.4 Å². The van der Waals surface area contributed by atoms with E-state index in [9.17, 15) is 4.79 Å². The third-order valence-electron chi connectivity index (χ3n) is 6.78. The molecule has 3 aliphatic heterocycles. The lowest BCUT2D eigenvalue weighted by Gasteiger charge is -2.31. The highest BCUT2D eigenvalue weighted by atomic mass is 32.2. The maximum Gasteiger partial charge on any atom is 0.231 e. The van der Waals surface area contributed by atoms with Crippen LogP contribution in [-0.2, 0) is 16.1 Å². The topological polar surface area (TPSA) is 90.7 Å². The predicted octanol–water partition coefficient (Wildman–Crippen LogP) is 3.39. The predicted molar refractivity (Wildman–Crippen MR) is 129 cm³/mol. The molecule has 0 aliphatic carbocycles. The fourth-order valence-electron chi connectivity index (χ4n) is 4.66. The molecular weight excluding hydrogens is 454 g/mol. The van der Waals surface area contributed by atoms with E-state index in [2.05, 4.69) is 31.9 Å². The first-order chi connectivity index (χ1) is 16.6. The average Bonchev–Trinajstić information content (AvgIpc) is 3.60. The molecule has 34 heavy (non-hydrogen) atoms. The molecule has 0 bridgehead atoms. The molecule has 1 amide bonds. The van der Waals surface area contributed by atoms with Gasteiger partial charge in [-0.05, 0) is 56.2 Å². The van der Waals surface area contributed by atoms with Gasteiger partial charge in [-0.15, -0.1) is 10.2 Å². The molecule has 0 saturated carbocycles. The van der Waals surface area contributed by atoms with Crippen molar-refractivity contribution >= 4 is 23.6 Å². The van der Waals surface area contributed by atoms with Gasteiger partial charge < -0.3 is 24.4 Å². The Balaban J connectivity index is 1.22. The third-order valence-corrected chi connectivity index (χ3v) is 7.75. The van der Waals surface area contributed by atoms with E-state index in [0.717, 1.165) is 86.0 Å². The van der Waals surface area contributed by atoms with Gasteiger partial charge in [0.1, 0.15) is 0 Å². The minimum atomic E-state index is -0.141. The number of nitrogens with zero attached hydrogens (tertiary/aromatic N) is 4. The van der Waals surface area contributed by atoms with Gasteiger partial charge >= 0.3 is 0 Å². The van der Waals surface area contributed by atoms with Gasteiger partial charge in [-0.3, -0.25) is 9.36 Å². The third kappa shape index (κ3) is 5.27. The number of amides is 1. The first-order valence-corrected chi connectivity index (χ1v) is 13.2. The maximum atomic E-state index is 12.8. The van der Waals surface area contributed by atoms with Crippen LogP contribution in [0.3, 0.4) is 0 Å². The van der Waals surface area contributed by atoms with Crippen LogP contribution >= 0.6 is 11.8 Å². The van der Waals surface area contributed by atoms with Crippen LogP contribution in [0.4, 0.5) is 5.95 Å². The van der Waals surface area contributed by atoms with Gasteiger partial charge in [0.05, 0.1) is 24.4 Å². The standard InChI is InChI=1S/C24H33N5O4S/c1-16-7-9-28(10-8-16)23-26-27-24(29(23)13-19-4-3-11-31-19)34-14-22(30)25-17(2)18-5-6-20-21(12-18)33-15-32-20/h5-6,12,16-17,19H,3-4,7-11,13-15H2,1-2H3,(H,25,30). The SMILES string of the molecule is CC1CCN(c2nnc(SCC(=O)NC(C)c3ccc4c(c3)OCO4)n2CC2CCCO2)CC1. The normalized spacial score (nSPS) is 21.1. The highest BCUT2D eigenvalue weighted by molar-refractivity contribution is 7.99. The van der Waals surface area contributed by atoms with Crippen molar-refractivity contribution in [3.63, 3.8) is 0 Å². The summed E-state index contributed by atoms with van der Waals surface area (Å²) in [5.41, 5.74) is 0.978. The lowest BCUT2D eigenvalue weighted by molar-refractivity contribution is -0.119. The zero-order chi connectivity index (χ0) is 23.5. The Kier molecular flexibility index (Phi) is 7.15. The molecule has 184 valence electrons. The van der Waals surface area contributed by atoms with E-state index < -0.39 is 0 Å². The number of fused-ring (bicyclic) bond motifs is 1. The molecule has 2 saturated heterocycles. The molecule has 9 nitrogen and oxygen atoms in total. The monoisotopic (exact) mass is 487 g/mol. The molecule has 1 aromatic heterocycles. The summed E-state index contributed by atoms with van der Waals surface area (Å²) in [6.45, 7) is 8.03. The van der Waals surface area contributed by atoms with Crippen molar-refractivity contribution in [2.45, 2.75) is 63.4 Å². The first-order valence-electron chi connectivity index (χ1n) is 12.2. The molecule has 2 aromatic rings. The van der Waals surface area contributed by atoms with Gasteiger partial charge in [0.25, 0.3) is 0 Å². The van der Waals surface area contributed by atoms with E-state index >= 15 is 0 Å². The Morgan fingerprint density at radius 2 is 2.03 bits per heavy atom. The fraction of sp³-hybridized carbons (Fsp3) is 0.625. The minimum absolute atomic E-state index is 0.0461. The fourth-order valence-corrected chi connectivity index (χ4v) is 5.42. The zero-order valence-electron chi connectivity index (χ0n) is 19.9. The van der Waals surface area contributed by atoms with Crippen LogP contribution in [0.5, 0.6) is 11.5 Å². The highest BCUT2D eigenvalue weighted by Crippen LogP contribution is 2.34. The quantitative estimate of drug-likeness (QED) is 0.567. The molecule has 2 atom stereocenters. The van der Waals surface area contributed by atoms with Crippen molar-refractivity contribution in [1.82, 2.24) is 20.1 Å². The summed E-state index contributed by atoms with van der Waals surface area (Å²) in [5.74, 6) is 3.33. The number of aromatic nitrogens is 3. The molecule has 2 unspecified atom stereocenters. The van der Waals surface area contributed by atoms with Crippen LogP contribution in [0, 0.1) is 5.92 Å². The molecule has 4 heterocycles. The zero-order valence-corrected chi connectivity index (χ0v) is 20.7. The number of carbonyl (C=O) groups excluding carboxylic acids is 1. The van der Waals surface area contributed by atoms with Crippen LogP contribution in [0.2, 0.25) is 0 Å². The van der Waals surface area contributed by atoms with Crippen molar-refractivity contribution in [1.29, 1.82) is 0 Å². The number of ether oxygens (including phenoxy) is 3. The van der Waals surface area contributed by atoms with Crippen molar-refractivity contribution in [2.24, 2.45) is 5.92 Å². The summed E-state index contributed by atoms with van der Waals surface area (Å²) in [6.07, 6.45) is 4.64. The number of carbonyl (C=O) groups is 1. The van der Waals surface area contributed by atoms with E-state index in [0.29, 0.717) is 0 Å². The van der Waals surface area contributed by atoms with Crippen LogP contribution in [-0.4, -0.2) is 59.0 Å². The number of benzene rings is 1. The second-order valence-electron chi connectivity index (χ2n) is 9.39. The number of hydrogen-bond acceptors (Lipinski definition) is 8. The smallest absolute Gasteiger partial charge is 0.231 e. The molecule has 3 aliphatic rings. The van der Waals surface area contributed by atoms with Crippen molar-refractivity contribution in [2.75, 3.05) is 37.1 Å². The number of nitrogens with one attached hydrogen (secondary N) is 1. The summed E-state index contributed by atoms with van der Waals surface area (Å²) >= 11 is 1.43. The molecule has 0 radical (unpaired) electrons. The minimum Gasteiger partial charge on any atom is -0.454 e. The lowest BCUT2D eigenvalue weighted by atomic mass is 10.00. The Hall–Kier alpha value is -2.46. The van der Waals surface area contributed by atoms with Crippen molar-refractivity contribution < 1.29 is 19.0 Å². The van der Waals surface area contributed by atoms with Gasteiger partial charge in [0.2, 0.25) is 18.6 Å². The Morgan fingerprint density at radius 3 is 2.82 bits per heavy atom. The van der Waals surface area contributed by atoms with E-state index in [1.54, 1.807) is 0 Å². The van der Waals surface area contributed by atoms with E-state index in [1.807, 2.05) is 25.1 Å². The number of thioether (sulfide) groups is 1. The molecule has 10 heteroatoms. The second-order valence-corrected chi connectivity index (χ2v) is 10.3. The number of hydrogen-bond donors (Lipinski definition) is 1. The van der Waals surface area contributed by atoms with Crippen molar-refractivity contribution in [3.05, 3.63) is 23.8 Å². The second kappa shape index (κ2) is 10.4. The van der Waals surface area contributed by atoms with Gasteiger partial charge in [-0.1, -0.05) is 24.8 Å². The van der Waals surface area contributed by atoms with Crippen molar-refractivity contribution in [3.8, 4) is 11.5 Å². The maximum absolute atomic E-state index is 12.8. The lowest BCUT2D eigenvalue weighted by Crippen LogP contribution is -2.35.